The molecule has 0 amide bonds. The fourth-order valence-electron chi connectivity index (χ4n) is 0.941. The summed E-state index contributed by atoms with van der Waals surface area (Å²) in [6, 6.07) is 0.352. The second kappa shape index (κ2) is 5.24. The van der Waals surface area contributed by atoms with Crippen molar-refractivity contribution in [3.8, 4) is 5.88 Å². The first-order valence-electron chi connectivity index (χ1n) is 3.97. The Morgan fingerprint density at radius 2 is 2.00 bits per heavy atom. The highest BCUT2D eigenvalue weighted by atomic mass is 127. The fourth-order valence-corrected chi connectivity index (χ4v) is 3.59. The van der Waals surface area contributed by atoms with E-state index in [1.807, 2.05) is 0 Å². The van der Waals surface area contributed by atoms with Gasteiger partial charge in [0, 0.05) is 21.7 Å². The van der Waals surface area contributed by atoms with Crippen molar-refractivity contribution in [2.45, 2.75) is 11.3 Å². The molecule has 19 heavy (non-hydrogen) atoms. The zero-order chi connectivity index (χ0) is 15.0. The molecule has 0 atom stereocenters. The van der Waals surface area contributed by atoms with E-state index in [-0.39, 0.29) is 0 Å². The van der Waals surface area contributed by atoms with Gasteiger partial charge in [-0.2, -0.15) is 0 Å². The summed E-state index contributed by atoms with van der Waals surface area (Å²) in [5, 5.41) is 10.6. The molecule has 0 N–H and O–H groups in total. The van der Waals surface area contributed by atoms with Gasteiger partial charge in [0.2, 0.25) is 0 Å². The van der Waals surface area contributed by atoms with Gasteiger partial charge in [0.1, 0.15) is 8.47 Å². The van der Waals surface area contributed by atoms with Crippen molar-refractivity contribution in [2.75, 3.05) is 0 Å². The Morgan fingerprint density at radius 3 is 2.37 bits per heavy atom. The van der Waals surface area contributed by atoms with Crippen LogP contribution in [0.15, 0.2) is 11.0 Å². The number of aromatic nitrogens is 1. The van der Waals surface area contributed by atoms with Gasteiger partial charge in [0.25, 0.3) is 9.05 Å². The number of rotatable bonds is 3. The summed E-state index contributed by atoms with van der Waals surface area (Å²) >= 11 is 1.23. The largest absolute Gasteiger partial charge is 0.575 e. The van der Waals surface area contributed by atoms with Gasteiger partial charge < -0.3 is 14.9 Å². The van der Waals surface area contributed by atoms with Crippen molar-refractivity contribution < 1.29 is 31.2 Å². The third-order valence-corrected chi connectivity index (χ3v) is 4.31. The molecule has 0 saturated heterocycles. The fraction of sp³-hybridized carbons (Fsp3) is 0.167. The minimum atomic E-state index is -5.18. The number of ether oxygens (including phenoxy) is 1. The zero-order valence-corrected chi connectivity index (χ0v) is 12.0. The third kappa shape index (κ3) is 4.31. The van der Waals surface area contributed by atoms with Crippen LogP contribution < -0.4 is 4.74 Å². The van der Waals surface area contributed by atoms with E-state index in [2.05, 4.69) is 9.72 Å². The molecule has 0 aliphatic rings. The Morgan fingerprint density at radius 1 is 1.47 bits per heavy atom. The maximum atomic E-state index is 12.0. The first kappa shape index (κ1) is 16.2. The predicted octanol–water partition coefficient (Wildman–Crippen LogP) is 2.42. The standard InChI is InChI=1S/C6HClF3IN2O5S/c7-19(16,17)2-1-3(18-6(8,9)10)12-5(4(2)11)13(14)15/h1H. The molecule has 7 nitrogen and oxygen atoms in total. The molecule has 0 unspecified atom stereocenters. The van der Waals surface area contributed by atoms with Crippen LogP contribution in [0, 0.1) is 13.7 Å². The maximum Gasteiger partial charge on any atom is 0.575 e. The second-order valence-corrected chi connectivity index (χ2v) is 6.45. The molecule has 0 spiro atoms. The van der Waals surface area contributed by atoms with Gasteiger partial charge in [-0.15, -0.1) is 13.2 Å². The number of nitro groups is 1. The predicted molar refractivity (Wildman–Crippen MR) is 63.3 cm³/mol. The van der Waals surface area contributed by atoms with E-state index in [4.69, 9.17) is 10.7 Å². The van der Waals surface area contributed by atoms with Gasteiger partial charge in [0.05, 0.1) is 0 Å². The van der Waals surface area contributed by atoms with Crippen molar-refractivity contribution in [2.24, 2.45) is 0 Å². The summed E-state index contributed by atoms with van der Waals surface area (Å²) in [5.41, 5.74) is 0. The molecular formula is C6HClF3IN2O5S. The van der Waals surface area contributed by atoms with Crippen LogP contribution in [0.4, 0.5) is 19.0 Å². The minimum absolute atomic E-state index is 0.352. The summed E-state index contributed by atoms with van der Waals surface area (Å²) in [6.45, 7) is 0. The molecule has 106 valence electrons. The van der Waals surface area contributed by atoms with Crippen molar-refractivity contribution in [3.63, 3.8) is 0 Å². The molecule has 1 aromatic heterocycles. The normalized spacial score (nSPS) is 12.3. The van der Waals surface area contributed by atoms with E-state index >= 15 is 0 Å². The van der Waals surface area contributed by atoms with Crippen LogP contribution in [0.2, 0.25) is 0 Å². The monoisotopic (exact) mass is 432 g/mol. The molecule has 13 heteroatoms. The van der Waals surface area contributed by atoms with Crippen LogP contribution in [0.25, 0.3) is 0 Å². The average molecular weight is 433 g/mol. The van der Waals surface area contributed by atoms with Crippen LogP contribution in [-0.4, -0.2) is 24.7 Å². The summed E-state index contributed by atoms with van der Waals surface area (Å²) in [6.07, 6.45) is -5.18. The van der Waals surface area contributed by atoms with Crippen molar-refractivity contribution in [1.82, 2.24) is 4.98 Å². The Bertz CT molecular complexity index is 634. The molecule has 0 aromatic carbocycles. The highest BCUT2D eigenvalue weighted by Crippen LogP contribution is 2.33. The Balaban J connectivity index is 3.54. The average Bonchev–Trinajstić information content (AvgIpc) is 2.16. The second-order valence-electron chi connectivity index (χ2n) is 2.84. The summed E-state index contributed by atoms with van der Waals surface area (Å²) in [4.78, 5) is 11.5. The van der Waals surface area contributed by atoms with Gasteiger partial charge in [-0.25, -0.2) is 8.42 Å². The molecule has 0 aliphatic heterocycles. The number of pyridine rings is 1. The number of nitrogens with zero attached hydrogens (tertiary/aromatic N) is 2. The van der Waals surface area contributed by atoms with E-state index in [9.17, 15) is 31.7 Å². The van der Waals surface area contributed by atoms with E-state index in [1.165, 1.54) is 22.6 Å². The molecule has 0 saturated carbocycles. The molecule has 1 aromatic rings. The molecule has 0 radical (unpaired) electrons. The van der Waals surface area contributed by atoms with Crippen molar-refractivity contribution in [3.05, 3.63) is 19.8 Å². The highest BCUT2D eigenvalue weighted by molar-refractivity contribution is 14.1. The third-order valence-electron chi connectivity index (χ3n) is 1.54. The van der Waals surface area contributed by atoms with E-state index in [0.29, 0.717) is 6.07 Å². The van der Waals surface area contributed by atoms with E-state index < -0.39 is 40.5 Å². The molecule has 1 rings (SSSR count). The SMILES string of the molecule is O=[N+]([O-])c1nc(OC(F)(F)F)cc(S(=O)(=O)Cl)c1I. The number of halogens is 5. The lowest BCUT2D eigenvalue weighted by Gasteiger charge is -2.07. The topological polar surface area (TPSA) is 99.4 Å². The highest BCUT2D eigenvalue weighted by Gasteiger charge is 2.36. The van der Waals surface area contributed by atoms with Crippen LogP contribution in [-0.2, 0) is 9.05 Å². The lowest BCUT2D eigenvalue weighted by atomic mass is 10.4. The minimum Gasteiger partial charge on any atom is -0.366 e. The number of hydrogen-bond acceptors (Lipinski definition) is 6. The van der Waals surface area contributed by atoms with Crippen LogP contribution in [0.1, 0.15) is 0 Å². The van der Waals surface area contributed by atoms with Crippen molar-refractivity contribution in [1.29, 1.82) is 0 Å². The van der Waals surface area contributed by atoms with Crippen LogP contribution >= 0.6 is 33.3 Å². The van der Waals surface area contributed by atoms with E-state index in [1.54, 1.807) is 0 Å². The van der Waals surface area contributed by atoms with Crippen LogP contribution in [0.5, 0.6) is 5.88 Å². The number of hydrogen-bond donors (Lipinski definition) is 0. The Labute approximate surface area is 121 Å². The maximum absolute atomic E-state index is 12.0. The summed E-state index contributed by atoms with van der Waals surface area (Å²) in [5.74, 6) is -2.40. The smallest absolute Gasteiger partial charge is 0.366 e. The van der Waals surface area contributed by atoms with Gasteiger partial charge in [-0.3, -0.25) is 0 Å². The molecular weight excluding hydrogens is 431 g/mol. The van der Waals surface area contributed by atoms with Gasteiger partial charge in [-0.05, 0) is 27.5 Å². The summed E-state index contributed by atoms with van der Waals surface area (Å²) in [7, 11) is 0.469. The van der Waals surface area contributed by atoms with Crippen molar-refractivity contribution >= 4 is 48.1 Å². The molecule has 0 aliphatic carbocycles. The Kier molecular flexibility index (Phi) is 4.46. The lowest BCUT2D eigenvalue weighted by Crippen LogP contribution is -2.19. The lowest BCUT2D eigenvalue weighted by molar-refractivity contribution is -0.391. The van der Waals surface area contributed by atoms with Gasteiger partial charge >= 0.3 is 18.1 Å². The zero-order valence-electron chi connectivity index (χ0n) is 8.31. The number of alkyl halides is 3. The van der Waals surface area contributed by atoms with Gasteiger partial charge in [-0.1, -0.05) is 0 Å². The molecule has 0 bridgehead atoms. The Hall–Kier alpha value is -0.890. The first-order chi connectivity index (χ1) is 8.42. The summed E-state index contributed by atoms with van der Waals surface area (Å²) < 4.78 is 61.0. The molecule has 1 heterocycles. The quantitative estimate of drug-likeness (QED) is 0.315. The molecule has 0 fully saturated rings. The first-order valence-corrected chi connectivity index (χ1v) is 7.36. The van der Waals surface area contributed by atoms with E-state index in [0.717, 1.165) is 0 Å². The van der Waals surface area contributed by atoms with Gasteiger partial charge in [0.15, 0.2) is 0 Å². The van der Waals surface area contributed by atoms with Crippen LogP contribution in [0.3, 0.4) is 0 Å².